The van der Waals surface area contributed by atoms with Crippen LogP contribution in [0.15, 0.2) is 24.3 Å². The van der Waals surface area contributed by atoms with Crippen molar-refractivity contribution in [1.82, 2.24) is 4.90 Å². The van der Waals surface area contributed by atoms with E-state index in [1.165, 1.54) is 24.9 Å². The number of hydrogen-bond acceptors (Lipinski definition) is 3. The highest BCUT2D eigenvalue weighted by atomic mass is 16.5. The molecular weight excluding hydrogens is 224 g/mol. The average molecular weight is 248 g/mol. The summed E-state index contributed by atoms with van der Waals surface area (Å²) in [4.78, 5) is 2.50. The lowest BCUT2D eigenvalue weighted by atomic mass is 9.94. The normalized spacial score (nSPS) is 25.2. The Kier molecular flexibility index (Phi) is 4.25. The Morgan fingerprint density at radius 3 is 2.72 bits per heavy atom. The molecule has 100 valence electrons. The molecule has 0 saturated carbocycles. The minimum atomic E-state index is 0.0410. The van der Waals surface area contributed by atoms with Crippen molar-refractivity contribution in [2.75, 3.05) is 32.5 Å². The molecule has 0 amide bonds. The summed E-state index contributed by atoms with van der Waals surface area (Å²) in [5, 5.41) is 0. The van der Waals surface area contributed by atoms with E-state index >= 15 is 0 Å². The molecule has 1 atom stereocenters. The molecule has 0 radical (unpaired) electrons. The maximum absolute atomic E-state index is 5.69. The zero-order valence-corrected chi connectivity index (χ0v) is 11.5. The molecule has 2 rings (SSSR count). The number of nitrogen functional groups attached to an aromatic ring is 1. The van der Waals surface area contributed by atoms with Crippen molar-refractivity contribution >= 4 is 5.69 Å². The van der Waals surface area contributed by atoms with E-state index in [1.807, 2.05) is 19.2 Å². The van der Waals surface area contributed by atoms with Gasteiger partial charge in [0.15, 0.2) is 0 Å². The Hall–Kier alpha value is -1.06. The monoisotopic (exact) mass is 248 g/mol. The van der Waals surface area contributed by atoms with Gasteiger partial charge < -0.3 is 15.4 Å². The van der Waals surface area contributed by atoms with Crippen LogP contribution in [0.1, 0.15) is 25.3 Å². The molecule has 1 fully saturated rings. The lowest BCUT2D eigenvalue weighted by molar-refractivity contribution is -0.0502. The summed E-state index contributed by atoms with van der Waals surface area (Å²) in [7, 11) is 1.82. The summed E-state index contributed by atoms with van der Waals surface area (Å²) in [6.45, 7) is 5.54. The Morgan fingerprint density at radius 2 is 2.06 bits per heavy atom. The third kappa shape index (κ3) is 3.47. The molecule has 3 nitrogen and oxygen atoms in total. The zero-order chi connectivity index (χ0) is 13.0. The van der Waals surface area contributed by atoms with E-state index in [-0.39, 0.29) is 5.60 Å². The van der Waals surface area contributed by atoms with Crippen molar-refractivity contribution in [2.24, 2.45) is 0 Å². The standard InChI is InChI=1S/C15H24N2O/c1-15(18-2)9-3-10-17(12-15)11-8-13-4-6-14(16)7-5-13/h4-7H,3,8-12,16H2,1-2H3. The molecule has 2 N–H and O–H groups in total. The molecule has 18 heavy (non-hydrogen) atoms. The Labute approximate surface area is 110 Å². The van der Waals surface area contributed by atoms with E-state index < -0.39 is 0 Å². The van der Waals surface area contributed by atoms with E-state index in [0.717, 1.165) is 25.2 Å². The van der Waals surface area contributed by atoms with Crippen molar-refractivity contribution in [3.8, 4) is 0 Å². The molecular formula is C15H24N2O. The quantitative estimate of drug-likeness (QED) is 0.831. The number of methoxy groups -OCH3 is 1. The summed E-state index contributed by atoms with van der Waals surface area (Å²) < 4.78 is 5.62. The van der Waals surface area contributed by atoms with Gasteiger partial charge in [-0.05, 0) is 50.4 Å². The van der Waals surface area contributed by atoms with Gasteiger partial charge in [0.25, 0.3) is 0 Å². The van der Waals surface area contributed by atoms with Gasteiger partial charge in [-0.3, -0.25) is 0 Å². The van der Waals surface area contributed by atoms with Crippen molar-refractivity contribution in [3.05, 3.63) is 29.8 Å². The van der Waals surface area contributed by atoms with E-state index in [1.54, 1.807) is 0 Å². The molecule has 0 bridgehead atoms. The number of ether oxygens (including phenoxy) is 1. The topological polar surface area (TPSA) is 38.5 Å². The second-order valence-corrected chi connectivity index (χ2v) is 5.53. The van der Waals surface area contributed by atoms with Gasteiger partial charge in [0.1, 0.15) is 0 Å². The van der Waals surface area contributed by atoms with Crippen LogP contribution < -0.4 is 5.73 Å². The van der Waals surface area contributed by atoms with Crippen LogP contribution in [0.3, 0.4) is 0 Å². The minimum Gasteiger partial charge on any atom is -0.399 e. The van der Waals surface area contributed by atoms with Crippen LogP contribution in [-0.2, 0) is 11.2 Å². The number of benzene rings is 1. The third-order valence-electron chi connectivity index (χ3n) is 3.93. The highest BCUT2D eigenvalue weighted by Crippen LogP contribution is 2.23. The molecule has 1 saturated heterocycles. The lowest BCUT2D eigenvalue weighted by Gasteiger charge is -2.39. The van der Waals surface area contributed by atoms with Gasteiger partial charge in [-0.15, -0.1) is 0 Å². The van der Waals surface area contributed by atoms with Gasteiger partial charge in [-0.1, -0.05) is 12.1 Å². The van der Waals surface area contributed by atoms with Crippen LogP contribution in [0, 0.1) is 0 Å². The number of rotatable bonds is 4. The molecule has 1 aliphatic rings. The van der Waals surface area contributed by atoms with Gasteiger partial charge in [0.05, 0.1) is 5.60 Å². The first-order chi connectivity index (χ1) is 8.61. The van der Waals surface area contributed by atoms with Gasteiger partial charge in [-0.25, -0.2) is 0 Å². The van der Waals surface area contributed by atoms with Crippen molar-refractivity contribution in [3.63, 3.8) is 0 Å². The molecule has 1 aliphatic heterocycles. The van der Waals surface area contributed by atoms with Crippen LogP contribution in [0.25, 0.3) is 0 Å². The van der Waals surface area contributed by atoms with Crippen molar-refractivity contribution in [2.45, 2.75) is 31.8 Å². The molecule has 1 aromatic rings. The number of piperidine rings is 1. The van der Waals surface area contributed by atoms with E-state index in [4.69, 9.17) is 10.5 Å². The first-order valence-corrected chi connectivity index (χ1v) is 6.73. The van der Waals surface area contributed by atoms with Gasteiger partial charge in [0, 0.05) is 25.9 Å². The summed E-state index contributed by atoms with van der Waals surface area (Å²) in [5.41, 5.74) is 7.93. The Balaban J connectivity index is 1.85. The fraction of sp³-hybridized carbons (Fsp3) is 0.600. The van der Waals surface area contributed by atoms with Crippen molar-refractivity contribution < 1.29 is 4.74 Å². The van der Waals surface area contributed by atoms with E-state index in [0.29, 0.717) is 0 Å². The number of likely N-dealkylation sites (tertiary alicyclic amines) is 1. The highest BCUT2D eigenvalue weighted by molar-refractivity contribution is 5.39. The predicted octanol–water partition coefficient (Wildman–Crippen LogP) is 2.31. The average Bonchev–Trinajstić information content (AvgIpc) is 2.38. The summed E-state index contributed by atoms with van der Waals surface area (Å²) in [6.07, 6.45) is 3.48. The highest BCUT2D eigenvalue weighted by Gasteiger charge is 2.30. The van der Waals surface area contributed by atoms with Crippen LogP contribution in [0.2, 0.25) is 0 Å². The molecule has 0 aromatic heterocycles. The van der Waals surface area contributed by atoms with Gasteiger partial charge >= 0.3 is 0 Å². The van der Waals surface area contributed by atoms with Gasteiger partial charge in [0.2, 0.25) is 0 Å². The number of anilines is 1. The van der Waals surface area contributed by atoms with Crippen LogP contribution in [-0.4, -0.2) is 37.2 Å². The Bertz CT molecular complexity index is 377. The van der Waals surface area contributed by atoms with E-state index in [2.05, 4.69) is 24.0 Å². The molecule has 0 aliphatic carbocycles. The fourth-order valence-electron chi connectivity index (χ4n) is 2.64. The van der Waals surface area contributed by atoms with Crippen LogP contribution in [0.5, 0.6) is 0 Å². The van der Waals surface area contributed by atoms with Crippen LogP contribution in [0.4, 0.5) is 5.69 Å². The Morgan fingerprint density at radius 1 is 1.33 bits per heavy atom. The molecule has 1 unspecified atom stereocenters. The smallest absolute Gasteiger partial charge is 0.0777 e. The first kappa shape index (κ1) is 13.4. The molecule has 1 aromatic carbocycles. The summed E-state index contributed by atoms with van der Waals surface area (Å²) in [5.74, 6) is 0. The maximum atomic E-state index is 5.69. The summed E-state index contributed by atoms with van der Waals surface area (Å²) in [6, 6.07) is 8.19. The van der Waals surface area contributed by atoms with Crippen LogP contribution >= 0.6 is 0 Å². The van der Waals surface area contributed by atoms with E-state index in [9.17, 15) is 0 Å². The minimum absolute atomic E-state index is 0.0410. The lowest BCUT2D eigenvalue weighted by Crippen LogP contribution is -2.47. The zero-order valence-electron chi connectivity index (χ0n) is 11.5. The number of hydrogen-bond donors (Lipinski definition) is 1. The fourth-order valence-corrected chi connectivity index (χ4v) is 2.64. The maximum Gasteiger partial charge on any atom is 0.0777 e. The first-order valence-electron chi connectivity index (χ1n) is 6.73. The molecule has 3 heteroatoms. The molecule has 1 heterocycles. The molecule has 0 spiro atoms. The second kappa shape index (κ2) is 5.72. The largest absolute Gasteiger partial charge is 0.399 e. The number of nitrogens with zero attached hydrogens (tertiary/aromatic N) is 1. The SMILES string of the molecule is COC1(C)CCCN(CCc2ccc(N)cc2)C1. The van der Waals surface area contributed by atoms with Crippen molar-refractivity contribution in [1.29, 1.82) is 0 Å². The third-order valence-corrected chi connectivity index (χ3v) is 3.93. The summed E-state index contributed by atoms with van der Waals surface area (Å²) >= 11 is 0. The second-order valence-electron chi connectivity index (χ2n) is 5.53. The van der Waals surface area contributed by atoms with Gasteiger partial charge in [-0.2, -0.15) is 0 Å². The number of nitrogens with two attached hydrogens (primary N) is 1. The predicted molar refractivity (Wildman–Crippen MR) is 75.6 cm³/mol.